The summed E-state index contributed by atoms with van der Waals surface area (Å²) in [5.41, 5.74) is -0.483. The molecule has 19 heavy (non-hydrogen) atoms. The molecule has 2 aromatic heterocycles. The smallest absolute Gasteiger partial charge is 0.271 e. The lowest BCUT2D eigenvalue weighted by atomic mass is 10.2. The van der Waals surface area contributed by atoms with Crippen molar-refractivity contribution in [2.24, 2.45) is 0 Å². The molecule has 0 saturated carbocycles. The Morgan fingerprint density at radius 3 is 3.11 bits per heavy atom. The van der Waals surface area contributed by atoms with E-state index in [1.165, 1.54) is 28.0 Å². The second-order valence-electron chi connectivity index (χ2n) is 3.97. The Balaban J connectivity index is 2.40. The van der Waals surface area contributed by atoms with Crippen molar-refractivity contribution in [1.29, 1.82) is 0 Å². The number of carbonyl (C=O) groups is 1. The number of amides is 1. The van der Waals surface area contributed by atoms with Crippen molar-refractivity contribution >= 4 is 22.2 Å². The van der Waals surface area contributed by atoms with Gasteiger partial charge in [0.1, 0.15) is 5.56 Å². The highest BCUT2D eigenvalue weighted by atomic mass is 32.1. The van der Waals surface area contributed by atoms with Crippen LogP contribution in [0.1, 0.15) is 15.2 Å². The summed E-state index contributed by atoms with van der Waals surface area (Å²) in [7, 11) is 0. The minimum absolute atomic E-state index is 0.0596. The third kappa shape index (κ3) is 2.56. The van der Waals surface area contributed by atoms with Gasteiger partial charge in [-0.05, 0) is 6.92 Å². The van der Waals surface area contributed by atoms with E-state index in [0.29, 0.717) is 4.96 Å². The SMILES string of the molecule is C=C[C@@H](CO)NC(=O)c1cnc2sc(C)cn2c1=O. The molecular formula is C12H13N3O3S. The summed E-state index contributed by atoms with van der Waals surface area (Å²) in [4.78, 5) is 29.6. The monoisotopic (exact) mass is 279 g/mol. The van der Waals surface area contributed by atoms with Crippen LogP contribution in [-0.2, 0) is 0 Å². The predicted molar refractivity (Wildman–Crippen MR) is 72.6 cm³/mol. The number of nitrogens with zero attached hydrogens (tertiary/aromatic N) is 2. The lowest BCUT2D eigenvalue weighted by Crippen LogP contribution is -2.39. The summed E-state index contributed by atoms with van der Waals surface area (Å²) in [5.74, 6) is -0.574. The number of aliphatic hydroxyl groups is 1. The fraction of sp³-hybridized carbons (Fsp3) is 0.250. The molecule has 1 atom stereocenters. The molecule has 100 valence electrons. The van der Waals surface area contributed by atoms with Crippen molar-refractivity contribution in [1.82, 2.24) is 14.7 Å². The lowest BCUT2D eigenvalue weighted by Gasteiger charge is -2.10. The van der Waals surface area contributed by atoms with E-state index >= 15 is 0 Å². The van der Waals surface area contributed by atoms with Crippen LogP contribution >= 0.6 is 11.3 Å². The molecule has 0 aliphatic carbocycles. The van der Waals surface area contributed by atoms with Crippen LogP contribution in [0.25, 0.3) is 4.96 Å². The Labute approximate surface area is 113 Å². The number of hydrogen-bond acceptors (Lipinski definition) is 5. The molecule has 0 aliphatic rings. The van der Waals surface area contributed by atoms with Crippen molar-refractivity contribution < 1.29 is 9.90 Å². The minimum atomic E-state index is -0.586. The predicted octanol–water partition coefficient (Wildman–Crippen LogP) is 0.341. The van der Waals surface area contributed by atoms with Crippen LogP contribution in [0.3, 0.4) is 0 Å². The van der Waals surface area contributed by atoms with E-state index in [2.05, 4.69) is 16.9 Å². The molecule has 0 saturated heterocycles. The van der Waals surface area contributed by atoms with Gasteiger partial charge in [0.15, 0.2) is 4.96 Å². The molecule has 0 bridgehead atoms. The summed E-state index contributed by atoms with van der Waals surface area (Å²) in [6, 6.07) is -0.586. The van der Waals surface area contributed by atoms with Crippen LogP contribution in [0.15, 0.2) is 29.8 Å². The molecule has 1 amide bonds. The second kappa shape index (κ2) is 5.33. The van der Waals surface area contributed by atoms with E-state index in [-0.39, 0.29) is 12.2 Å². The minimum Gasteiger partial charge on any atom is -0.394 e. The standard InChI is InChI=1S/C12H13N3O3S/c1-3-8(6-16)14-10(17)9-4-13-12-15(11(9)18)5-7(2)19-12/h3-5,8,16H,1,6H2,2H3,(H,14,17)/t8-/m0/s1. The first-order chi connectivity index (χ1) is 9.06. The summed E-state index contributed by atoms with van der Waals surface area (Å²) < 4.78 is 1.34. The van der Waals surface area contributed by atoms with Gasteiger partial charge >= 0.3 is 0 Å². The summed E-state index contributed by atoms with van der Waals surface area (Å²) >= 11 is 1.37. The van der Waals surface area contributed by atoms with Crippen molar-refractivity contribution in [2.75, 3.05) is 6.61 Å². The average molecular weight is 279 g/mol. The topological polar surface area (TPSA) is 83.7 Å². The summed E-state index contributed by atoms with van der Waals surface area (Å²) in [6.45, 7) is 5.07. The highest BCUT2D eigenvalue weighted by Crippen LogP contribution is 2.12. The van der Waals surface area contributed by atoms with Gasteiger partial charge in [-0.15, -0.1) is 17.9 Å². The first-order valence-electron chi connectivity index (χ1n) is 5.59. The largest absolute Gasteiger partial charge is 0.394 e. The van der Waals surface area contributed by atoms with Gasteiger partial charge in [0.2, 0.25) is 0 Å². The van der Waals surface area contributed by atoms with E-state index in [1.54, 1.807) is 6.20 Å². The highest BCUT2D eigenvalue weighted by molar-refractivity contribution is 7.16. The Morgan fingerprint density at radius 1 is 1.74 bits per heavy atom. The average Bonchev–Trinajstić information content (AvgIpc) is 2.77. The maximum absolute atomic E-state index is 12.1. The van der Waals surface area contributed by atoms with Gasteiger partial charge in [-0.1, -0.05) is 6.08 Å². The molecule has 0 aliphatic heterocycles. The summed E-state index contributed by atoms with van der Waals surface area (Å²) in [6.07, 6.45) is 4.29. The van der Waals surface area contributed by atoms with E-state index < -0.39 is 17.5 Å². The zero-order chi connectivity index (χ0) is 14.0. The third-order valence-electron chi connectivity index (χ3n) is 2.56. The first-order valence-corrected chi connectivity index (χ1v) is 6.40. The quantitative estimate of drug-likeness (QED) is 0.791. The molecule has 2 N–H and O–H groups in total. The molecular weight excluding hydrogens is 266 g/mol. The lowest BCUT2D eigenvalue weighted by molar-refractivity contribution is 0.0927. The zero-order valence-corrected chi connectivity index (χ0v) is 11.1. The number of carbonyl (C=O) groups excluding carboxylic acids is 1. The number of aryl methyl sites for hydroxylation is 1. The van der Waals surface area contributed by atoms with Gasteiger partial charge < -0.3 is 10.4 Å². The fourth-order valence-electron chi connectivity index (χ4n) is 1.58. The molecule has 6 nitrogen and oxygen atoms in total. The van der Waals surface area contributed by atoms with Crippen LogP contribution in [0.4, 0.5) is 0 Å². The Kier molecular flexibility index (Phi) is 3.77. The number of aromatic nitrogens is 2. The Morgan fingerprint density at radius 2 is 2.47 bits per heavy atom. The normalized spacial score (nSPS) is 12.3. The van der Waals surface area contributed by atoms with Crippen LogP contribution < -0.4 is 10.9 Å². The van der Waals surface area contributed by atoms with Gasteiger partial charge in [0.05, 0.1) is 12.6 Å². The number of nitrogens with one attached hydrogen (secondary N) is 1. The van der Waals surface area contributed by atoms with E-state index in [1.807, 2.05) is 6.92 Å². The van der Waals surface area contributed by atoms with Gasteiger partial charge in [-0.25, -0.2) is 4.98 Å². The number of thiazole rings is 1. The molecule has 0 fully saturated rings. The molecule has 0 radical (unpaired) electrons. The molecule has 0 aromatic carbocycles. The highest BCUT2D eigenvalue weighted by Gasteiger charge is 2.16. The number of fused-ring (bicyclic) bond motifs is 1. The molecule has 2 rings (SSSR count). The molecule has 0 unspecified atom stereocenters. The molecule has 2 aromatic rings. The summed E-state index contributed by atoms with van der Waals surface area (Å²) in [5, 5.41) is 11.5. The van der Waals surface area contributed by atoms with Crippen molar-refractivity contribution in [2.45, 2.75) is 13.0 Å². The van der Waals surface area contributed by atoms with Crippen molar-refractivity contribution in [3.63, 3.8) is 0 Å². The first kappa shape index (κ1) is 13.4. The Hall–Kier alpha value is -1.99. The van der Waals surface area contributed by atoms with Gasteiger partial charge in [-0.3, -0.25) is 14.0 Å². The van der Waals surface area contributed by atoms with Gasteiger partial charge in [-0.2, -0.15) is 0 Å². The van der Waals surface area contributed by atoms with E-state index in [4.69, 9.17) is 5.11 Å². The second-order valence-corrected chi connectivity index (χ2v) is 5.18. The number of hydrogen-bond donors (Lipinski definition) is 2. The third-order valence-corrected chi connectivity index (χ3v) is 3.48. The number of aliphatic hydroxyl groups excluding tert-OH is 1. The van der Waals surface area contributed by atoms with Crippen LogP contribution in [0.5, 0.6) is 0 Å². The van der Waals surface area contributed by atoms with Crippen LogP contribution in [-0.4, -0.2) is 33.0 Å². The maximum atomic E-state index is 12.1. The van der Waals surface area contributed by atoms with Crippen molar-refractivity contribution in [3.05, 3.63) is 45.8 Å². The molecule has 2 heterocycles. The van der Waals surface area contributed by atoms with E-state index in [0.717, 1.165) is 4.88 Å². The van der Waals surface area contributed by atoms with Crippen molar-refractivity contribution in [3.8, 4) is 0 Å². The van der Waals surface area contributed by atoms with Gasteiger partial charge in [0, 0.05) is 17.3 Å². The number of rotatable bonds is 4. The zero-order valence-electron chi connectivity index (χ0n) is 10.3. The molecule has 7 heteroatoms. The van der Waals surface area contributed by atoms with E-state index in [9.17, 15) is 9.59 Å². The molecule has 0 spiro atoms. The fourth-order valence-corrected chi connectivity index (χ4v) is 2.36. The maximum Gasteiger partial charge on any atom is 0.271 e. The van der Waals surface area contributed by atoms with Crippen LogP contribution in [0, 0.1) is 6.92 Å². The van der Waals surface area contributed by atoms with Gasteiger partial charge in [0.25, 0.3) is 11.5 Å². The Bertz CT molecular complexity index is 689. The van der Waals surface area contributed by atoms with Crippen LogP contribution in [0.2, 0.25) is 0 Å².